The van der Waals surface area contributed by atoms with Gasteiger partial charge in [0.2, 0.25) is 0 Å². The predicted octanol–water partition coefficient (Wildman–Crippen LogP) is 2.75. The second-order valence-corrected chi connectivity index (χ2v) is 5.23. The summed E-state index contributed by atoms with van der Waals surface area (Å²) in [6.45, 7) is 2.91. The molecule has 1 N–H and O–H groups in total. The Labute approximate surface area is 119 Å². The van der Waals surface area contributed by atoms with Gasteiger partial charge in [0.05, 0.1) is 18.9 Å². The summed E-state index contributed by atoms with van der Waals surface area (Å²) in [5.74, 6) is -1.19. The van der Waals surface area contributed by atoms with Crippen LogP contribution in [-0.2, 0) is 4.74 Å². The molecule has 1 aliphatic heterocycles. The van der Waals surface area contributed by atoms with Gasteiger partial charge in [-0.15, -0.1) is 11.3 Å². The molecule has 1 saturated heterocycles. The van der Waals surface area contributed by atoms with E-state index in [0.717, 1.165) is 19.2 Å². The molecule has 1 fully saturated rings. The van der Waals surface area contributed by atoms with E-state index in [2.05, 4.69) is 10.4 Å². The minimum absolute atomic E-state index is 0.303. The zero-order chi connectivity index (χ0) is 13.9. The van der Waals surface area contributed by atoms with Crippen molar-refractivity contribution in [2.45, 2.75) is 0 Å². The molecule has 0 radical (unpaired) electrons. The van der Waals surface area contributed by atoms with Crippen LogP contribution in [-0.4, -0.2) is 36.3 Å². The number of thiazole rings is 1. The second kappa shape index (κ2) is 5.82. The first-order valence-corrected chi connectivity index (χ1v) is 7.10. The van der Waals surface area contributed by atoms with E-state index in [-0.39, 0.29) is 0 Å². The Morgan fingerprint density at radius 2 is 2.05 bits per heavy atom. The van der Waals surface area contributed by atoms with E-state index in [9.17, 15) is 8.78 Å². The van der Waals surface area contributed by atoms with Crippen molar-refractivity contribution >= 4 is 16.5 Å². The molecule has 0 unspecified atom stereocenters. The fraction of sp³-hybridized carbons (Fsp3) is 0.308. The number of hydrogen-bond donors (Lipinski definition) is 1. The summed E-state index contributed by atoms with van der Waals surface area (Å²) >= 11 is 1.39. The van der Waals surface area contributed by atoms with E-state index in [1.807, 2.05) is 5.01 Å². The quantitative estimate of drug-likeness (QED) is 0.945. The van der Waals surface area contributed by atoms with Crippen molar-refractivity contribution in [3.8, 4) is 11.3 Å². The molecule has 20 heavy (non-hydrogen) atoms. The lowest BCUT2D eigenvalue weighted by molar-refractivity contribution is 0.0497. The highest BCUT2D eigenvalue weighted by molar-refractivity contribution is 7.14. The normalized spacial score (nSPS) is 16.3. The number of rotatable bonds is 3. The van der Waals surface area contributed by atoms with Crippen LogP contribution in [0.3, 0.4) is 0 Å². The average molecular weight is 297 g/mol. The van der Waals surface area contributed by atoms with Crippen LogP contribution in [0.15, 0.2) is 23.6 Å². The highest BCUT2D eigenvalue weighted by Crippen LogP contribution is 2.27. The van der Waals surface area contributed by atoms with Gasteiger partial charge in [-0.05, 0) is 12.1 Å². The minimum Gasteiger partial charge on any atom is -0.379 e. The van der Waals surface area contributed by atoms with E-state index < -0.39 is 11.6 Å². The molecule has 106 valence electrons. The molecule has 1 aromatic heterocycles. The molecule has 0 atom stereocenters. The molecule has 1 aliphatic rings. The van der Waals surface area contributed by atoms with Gasteiger partial charge in [-0.3, -0.25) is 5.43 Å². The number of hydrogen-bond acceptors (Lipinski definition) is 5. The van der Waals surface area contributed by atoms with Crippen LogP contribution in [0.25, 0.3) is 11.3 Å². The summed E-state index contributed by atoms with van der Waals surface area (Å²) in [5.41, 5.74) is 3.97. The highest BCUT2D eigenvalue weighted by atomic mass is 32.1. The maximum atomic E-state index is 13.7. The van der Waals surface area contributed by atoms with E-state index >= 15 is 0 Å². The smallest absolute Gasteiger partial charge is 0.197 e. The fourth-order valence-corrected chi connectivity index (χ4v) is 2.69. The van der Waals surface area contributed by atoms with Crippen LogP contribution < -0.4 is 5.43 Å². The van der Waals surface area contributed by atoms with Gasteiger partial charge >= 0.3 is 0 Å². The van der Waals surface area contributed by atoms with Crippen molar-refractivity contribution < 1.29 is 13.5 Å². The molecule has 3 rings (SSSR count). The molecule has 7 heteroatoms. The van der Waals surface area contributed by atoms with Crippen molar-refractivity contribution in [3.05, 3.63) is 35.2 Å². The summed E-state index contributed by atoms with van der Waals surface area (Å²) in [4.78, 5) is 4.33. The first-order chi connectivity index (χ1) is 9.72. The summed E-state index contributed by atoms with van der Waals surface area (Å²) in [6.07, 6.45) is 0. The number of hydrazine groups is 1. The monoisotopic (exact) mass is 297 g/mol. The van der Waals surface area contributed by atoms with Crippen molar-refractivity contribution in [2.24, 2.45) is 0 Å². The van der Waals surface area contributed by atoms with Crippen molar-refractivity contribution in [1.29, 1.82) is 0 Å². The number of morpholine rings is 1. The molecule has 0 aliphatic carbocycles. The Hall–Kier alpha value is -1.57. The topological polar surface area (TPSA) is 37.4 Å². The Bertz CT molecular complexity index is 599. The lowest BCUT2D eigenvalue weighted by Gasteiger charge is -2.26. The summed E-state index contributed by atoms with van der Waals surface area (Å²) in [7, 11) is 0. The van der Waals surface area contributed by atoms with Crippen LogP contribution in [0.1, 0.15) is 0 Å². The summed E-state index contributed by atoms with van der Waals surface area (Å²) in [6, 6.07) is 3.49. The second-order valence-electron chi connectivity index (χ2n) is 4.37. The third kappa shape index (κ3) is 2.95. The van der Waals surface area contributed by atoms with E-state index in [1.54, 1.807) is 5.38 Å². The van der Waals surface area contributed by atoms with Gasteiger partial charge in [0.15, 0.2) is 5.13 Å². The average Bonchev–Trinajstić information content (AvgIpc) is 2.88. The molecule has 2 aromatic rings. The van der Waals surface area contributed by atoms with Gasteiger partial charge < -0.3 is 4.74 Å². The first-order valence-electron chi connectivity index (χ1n) is 6.23. The molecule has 0 bridgehead atoms. The van der Waals surface area contributed by atoms with Gasteiger partial charge in [0.25, 0.3) is 0 Å². The third-order valence-corrected chi connectivity index (χ3v) is 3.72. The van der Waals surface area contributed by atoms with Gasteiger partial charge in [-0.25, -0.2) is 18.8 Å². The fourth-order valence-electron chi connectivity index (χ4n) is 1.96. The van der Waals surface area contributed by atoms with E-state index in [1.165, 1.54) is 23.5 Å². The van der Waals surface area contributed by atoms with Gasteiger partial charge in [0, 0.05) is 30.1 Å². The largest absolute Gasteiger partial charge is 0.379 e. The third-order valence-electron chi connectivity index (χ3n) is 2.98. The lowest BCUT2D eigenvalue weighted by atomic mass is 10.1. The highest BCUT2D eigenvalue weighted by Gasteiger charge is 2.14. The number of nitrogens with one attached hydrogen (secondary N) is 1. The van der Waals surface area contributed by atoms with Crippen LogP contribution in [0.4, 0.5) is 13.9 Å². The van der Waals surface area contributed by atoms with Crippen LogP contribution in [0, 0.1) is 11.6 Å². The maximum Gasteiger partial charge on any atom is 0.197 e. The molecule has 4 nitrogen and oxygen atoms in total. The zero-order valence-electron chi connectivity index (χ0n) is 10.6. The van der Waals surface area contributed by atoms with Crippen molar-refractivity contribution in [2.75, 3.05) is 31.7 Å². The molecule has 1 aromatic carbocycles. The van der Waals surface area contributed by atoms with E-state index in [0.29, 0.717) is 29.6 Å². The van der Waals surface area contributed by atoms with Crippen LogP contribution in [0.2, 0.25) is 0 Å². The number of benzene rings is 1. The van der Waals surface area contributed by atoms with Gasteiger partial charge in [-0.1, -0.05) is 0 Å². The van der Waals surface area contributed by atoms with Crippen LogP contribution >= 0.6 is 11.3 Å². The molecule has 0 amide bonds. The number of aromatic nitrogens is 1. The number of nitrogens with zero attached hydrogens (tertiary/aromatic N) is 2. The molecule has 0 saturated carbocycles. The molecule has 0 spiro atoms. The Morgan fingerprint density at radius 3 is 2.80 bits per heavy atom. The Kier molecular flexibility index (Phi) is 3.90. The minimum atomic E-state index is -0.603. The Balaban J connectivity index is 1.75. The molecular formula is C13H13F2N3OS. The Morgan fingerprint density at radius 1 is 1.25 bits per heavy atom. The summed E-state index contributed by atoms with van der Waals surface area (Å²) < 4.78 is 31.8. The zero-order valence-corrected chi connectivity index (χ0v) is 11.4. The first kappa shape index (κ1) is 13.4. The number of ether oxygens (including phenoxy) is 1. The standard InChI is InChI=1S/C13H13F2N3OS/c14-9-1-2-10(11(15)7-9)12-8-20-13(16-12)17-18-3-5-19-6-4-18/h1-2,7-8H,3-6H2,(H,16,17). The van der Waals surface area contributed by atoms with Crippen molar-refractivity contribution in [1.82, 2.24) is 9.99 Å². The van der Waals surface area contributed by atoms with Crippen LogP contribution in [0.5, 0.6) is 0 Å². The van der Waals surface area contributed by atoms with E-state index in [4.69, 9.17) is 4.74 Å². The number of halogens is 2. The lowest BCUT2D eigenvalue weighted by Crippen LogP contribution is -2.40. The number of anilines is 1. The molecular weight excluding hydrogens is 284 g/mol. The van der Waals surface area contributed by atoms with Gasteiger partial charge in [-0.2, -0.15) is 0 Å². The summed E-state index contributed by atoms with van der Waals surface area (Å²) in [5, 5.41) is 4.44. The van der Waals surface area contributed by atoms with Crippen molar-refractivity contribution in [3.63, 3.8) is 0 Å². The maximum absolute atomic E-state index is 13.7. The molecule has 2 heterocycles. The van der Waals surface area contributed by atoms with Gasteiger partial charge in [0.1, 0.15) is 11.6 Å². The predicted molar refractivity (Wildman–Crippen MR) is 73.5 cm³/mol. The SMILES string of the molecule is Fc1ccc(-c2csc(NN3CCOCC3)n2)c(F)c1.